The maximum Gasteiger partial charge on any atom is 0.253 e. The third kappa shape index (κ3) is 4.26. The van der Waals surface area contributed by atoms with Crippen molar-refractivity contribution in [3.05, 3.63) is 17.7 Å². The van der Waals surface area contributed by atoms with Crippen molar-refractivity contribution in [1.29, 1.82) is 0 Å². The van der Waals surface area contributed by atoms with E-state index in [9.17, 15) is 4.79 Å². The Bertz CT molecular complexity index is 489. The van der Waals surface area contributed by atoms with Gasteiger partial charge in [-0.25, -0.2) is 0 Å². The van der Waals surface area contributed by atoms with Gasteiger partial charge in [0.2, 0.25) is 0 Å². The zero-order valence-electron chi connectivity index (χ0n) is 13.2. The van der Waals surface area contributed by atoms with Gasteiger partial charge in [0.25, 0.3) is 5.91 Å². The molecule has 0 heterocycles. The lowest BCUT2D eigenvalue weighted by Gasteiger charge is -2.22. The summed E-state index contributed by atoms with van der Waals surface area (Å²) >= 11 is 0. The lowest BCUT2D eigenvalue weighted by Crippen LogP contribution is -2.41. The molecule has 1 atom stereocenters. The van der Waals surface area contributed by atoms with Gasteiger partial charge in [0, 0.05) is 18.9 Å². The Morgan fingerprint density at radius 2 is 1.76 bits per heavy atom. The van der Waals surface area contributed by atoms with Crippen molar-refractivity contribution in [2.75, 3.05) is 33.7 Å². The maximum atomic E-state index is 12.4. The van der Waals surface area contributed by atoms with Crippen LogP contribution < -0.4 is 20.5 Å². The number of amides is 1. The molecule has 0 aromatic heterocycles. The number of carbonyl (C=O) groups excluding carboxylic acids is 1. The quantitative estimate of drug-likeness (QED) is 0.748. The second-order valence-electron chi connectivity index (χ2n) is 5.07. The molecule has 1 rings (SSSR count). The van der Waals surface area contributed by atoms with Crippen LogP contribution in [-0.4, -0.2) is 39.9 Å². The highest BCUT2D eigenvalue weighted by Gasteiger charge is 2.20. The molecule has 0 saturated carbocycles. The molecular weight excluding hydrogens is 272 g/mol. The number of carbonyl (C=O) groups is 1. The molecule has 0 radical (unpaired) electrons. The van der Waals surface area contributed by atoms with E-state index >= 15 is 0 Å². The first-order chi connectivity index (χ1) is 9.94. The van der Waals surface area contributed by atoms with E-state index in [1.54, 1.807) is 19.2 Å². The van der Waals surface area contributed by atoms with E-state index in [1.165, 1.54) is 14.2 Å². The van der Waals surface area contributed by atoms with E-state index in [-0.39, 0.29) is 17.9 Å². The normalized spacial score (nSPS) is 12.1. The number of nitrogens with one attached hydrogen (secondary N) is 1. The van der Waals surface area contributed by atoms with Crippen LogP contribution >= 0.6 is 0 Å². The molecule has 3 N–H and O–H groups in total. The summed E-state index contributed by atoms with van der Waals surface area (Å²) in [6, 6.07) is 3.07. The summed E-state index contributed by atoms with van der Waals surface area (Å²) in [6.45, 7) is 4.47. The molecule has 6 heteroatoms. The second kappa shape index (κ2) is 7.73. The van der Waals surface area contributed by atoms with Crippen LogP contribution in [0.25, 0.3) is 0 Å². The smallest absolute Gasteiger partial charge is 0.253 e. The minimum atomic E-state index is -0.260. The number of methoxy groups -OCH3 is 3. The van der Waals surface area contributed by atoms with Crippen LogP contribution in [0.3, 0.4) is 0 Å². The molecular formula is C15H24N2O4. The molecule has 0 bridgehead atoms. The predicted molar refractivity (Wildman–Crippen MR) is 81.9 cm³/mol. The van der Waals surface area contributed by atoms with Gasteiger partial charge in [-0.15, -0.1) is 0 Å². The van der Waals surface area contributed by atoms with Gasteiger partial charge in [0.05, 0.1) is 32.4 Å². The standard InChI is InChI=1S/C15H24N2O4/c1-9(2)12(8-19-3)17-15(18)10-6-13(20-4)14(21-5)7-11(10)16/h6-7,9,12H,8,16H2,1-5H3,(H,17,18). The van der Waals surface area contributed by atoms with Gasteiger partial charge in [0.1, 0.15) is 0 Å². The third-order valence-corrected chi connectivity index (χ3v) is 3.27. The van der Waals surface area contributed by atoms with Gasteiger partial charge in [-0.3, -0.25) is 4.79 Å². The number of nitrogens with two attached hydrogens (primary N) is 1. The Kier molecular flexibility index (Phi) is 6.30. The van der Waals surface area contributed by atoms with Crippen LogP contribution in [0.2, 0.25) is 0 Å². The Hall–Kier alpha value is -1.95. The van der Waals surface area contributed by atoms with Gasteiger partial charge in [-0.1, -0.05) is 13.8 Å². The number of anilines is 1. The first-order valence-electron chi connectivity index (χ1n) is 6.75. The lowest BCUT2D eigenvalue weighted by molar-refractivity contribution is 0.0867. The van der Waals surface area contributed by atoms with Crippen LogP contribution in [0.5, 0.6) is 11.5 Å². The first-order valence-corrected chi connectivity index (χ1v) is 6.75. The van der Waals surface area contributed by atoms with Crippen LogP contribution in [0.4, 0.5) is 5.69 Å². The molecule has 1 aromatic rings. The second-order valence-corrected chi connectivity index (χ2v) is 5.07. The summed E-state index contributed by atoms with van der Waals surface area (Å²) in [6.07, 6.45) is 0. The average Bonchev–Trinajstić information content (AvgIpc) is 2.45. The molecule has 6 nitrogen and oxygen atoms in total. The maximum absolute atomic E-state index is 12.4. The number of hydrogen-bond acceptors (Lipinski definition) is 5. The average molecular weight is 296 g/mol. The van der Waals surface area contributed by atoms with Crippen LogP contribution in [0.1, 0.15) is 24.2 Å². The summed E-state index contributed by atoms with van der Waals surface area (Å²) in [7, 11) is 4.63. The third-order valence-electron chi connectivity index (χ3n) is 3.27. The van der Waals surface area contributed by atoms with Crippen molar-refractivity contribution in [2.45, 2.75) is 19.9 Å². The van der Waals surface area contributed by atoms with Crippen molar-refractivity contribution in [1.82, 2.24) is 5.32 Å². The van der Waals surface area contributed by atoms with Gasteiger partial charge in [-0.05, 0) is 12.0 Å². The molecule has 0 aliphatic carbocycles. The van der Waals surface area contributed by atoms with Gasteiger partial charge in [-0.2, -0.15) is 0 Å². The van der Waals surface area contributed by atoms with Crippen LogP contribution in [-0.2, 0) is 4.74 Å². The van der Waals surface area contributed by atoms with Gasteiger partial charge >= 0.3 is 0 Å². The van der Waals surface area contributed by atoms with Crippen molar-refractivity contribution in [2.24, 2.45) is 5.92 Å². The van der Waals surface area contributed by atoms with Gasteiger partial charge < -0.3 is 25.3 Å². The molecule has 0 aliphatic rings. The summed E-state index contributed by atoms with van der Waals surface area (Å²) < 4.78 is 15.5. The Labute approximate surface area is 125 Å². The number of hydrogen-bond donors (Lipinski definition) is 2. The number of rotatable bonds is 7. The Morgan fingerprint density at radius 3 is 2.24 bits per heavy atom. The van der Waals surface area contributed by atoms with Crippen molar-refractivity contribution in [3.63, 3.8) is 0 Å². The topological polar surface area (TPSA) is 82.8 Å². The predicted octanol–water partition coefficient (Wildman–Crippen LogP) is 1.69. The lowest BCUT2D eigenvalue weighted by atomic mass is 10.0. The summed E-state index contributed by atoms with van der Waals surface area (Å²) in [5.41, 5.74) is 6.61. The minimum Gasteiger partial charge on any atom is -0.493 e. The van der Waals surface area contributed by atoms with Crippen molar-refractivity contribution < 1.29 is 19.0 Å². The highest BCUT2D eigenvalue weighted by molar-refractivity contribution is 6.00. The SMILES string of the molecule is COCC(NC(=O)c1cc(OC)c(OC)cc1N)C(C)C. The molecule has 0 saturated heterocycles. The number of nitrogen functional groups attached to an aromatic ring is 1. The van der Waals surface area contributed by atoms with Gasteiger partial charge in [0.15, 0.2) is 11.5 Å². The van der Waals surface area contributed by atoms with E-state index in [0.717, 1.165) is 0 Å². The molecule has 1 aromatic carbocycles. The van der Waals surface area contributed by atoms with Crippen molar-refractivity contribution in [3.8, 4) is 11.5 Å². The summed E-state index contributed by atoms with van der Waals surface area (Å²) in [5, 5.41) is 2.92. The zero-order valence-corrected chi connectivity index (χ0v) is 13.2. The molecule has 0 aliphatic heterocycles. The van der Waals surface area contributed by atoms with E-state index in [0.29, 0.717) is 29.4 Å². The van der Waals surface area contributed by atoms with E-state index in [1.807, 2.05) is 13.8 Å². The largest absolute Gasteiger partial charge is 0.493 e. The fourth-order valence-electron chi connectivity index (χ4n) is 1.92. The number of ether oxygens (including phenoxy) is 3. The van der Waals surface area contributed by atoms with E-state index in [4.69, 9.17) is 19.9 Å². The first kappa shape index (κ1) is 17.1. The fraction of sp³-hybridized carbons (Fsp3) is 0.533. The number of benzene rings is 1. The summed E-state index contributed by atoms with van der Waals surface area (Å²) in [4.78, 5) is 12.4. The fourth-order valence-corrected chi connectivity index (χ4v) is 1.92. The molecule has 1 unspecified atom stereocenters. The molecule has 0 spiro atoms. The van der Waals surface area contributed by atoms with E-state index in [2.05, 4.69) is 5.32 Å². The Balaban J connectivity index is 3.01. The van der Waals surface area contributed by atoms with Crippen molar-refractivity contribution >= 4 is 11.6 Å². The molecule has 118 valence electrons. The molecule has 1 amide bonds. The zero-order chi connectivity index (χ0) is 16.0. The summed E-state index contributed by atoms with van der Waals surface area (Å²) in [5.74, 6) is 0.938. The molecule has 0 fully saturated rings. The minimum absolute atomic E-state index is 0.0880. The monoisotopic (exact) mass is 296 g/mol. The van der Waals surface area contributed by atoms with E-state index < -0.39 is 0 Å². The van der Waals surface area contributed by atoms with Crippen LogP contribution in [0.15, 0.2) is 12.1 Å². The highest BCUT2D eigenvalue weighted by Crippen LogP contribution is 2.31. The molecule has 21 heavy (non-hydrogen) atoms. The highest BCUT2D eigenvalue weighted by atomic mass is 16.5. The van der Waals surface area contributed by atoms with Crippen LogP contribution in [0, 0.1) is 5.92 Å². The Morgan fingerprint density at radius 1 is 1.19 bits per heavy atom.